The number of benzene rings is 2. The lowest BCUT2D eigenvalue weighted by Gasteiger charge is -2.17. The maximum atomic E-state index is 12.7. The summed E-state index contributed by atoms with van der Waals surface area (Å²) in [5, 5.41) is 10.6. The highest BCUT2D eigenvalue weighted by Crippen LogP contribution is 2.34. The van der Waals surface area contributed by atoms with Crippen molar-refractivity contribution in [2.24, 2.45) is 0 Å². The second-order valence-electron chi connectivity index (χ2n) is 6.98. The van der Waals surface area contributed by atoms with Crippen molar-refractivity contribution in [2.45, 2.75) is 19.4 Å². The van der Waals surface area contributed by atoms with Crippen LogP contribution in [0, 0.1) is 10.1 Å². The molecule has 2 aromatic carbocycles. The van der Waals surface area contributed by atoms with Crippen LogP contribution in [-0.2, 0) is 11.3 Å². The molecular formula is C21H19N3O4S. The standard InChI is InChI=1S/C21H19N3O4S/c25-20-19(13-15-6-8-17(9-7-15)22-10-1-2-11-22)29-21(26)23(20)14-16-4-3-5-18(12-16)24(27)28/h3-9,12-13H,1-2,10-11,14H2/b19-13-. The SMILES string of the molecule is O=C1S/C(=C\c2ccc(N3CCCC3)cc2)C(=O)N1Cc1cccc([N+](=O)[O-])c1. The number of amides is 2. The lowest BCUT2D eigenvalue weighted by atomic mass is 10.1. The number of thioether (sulfide) groups is 1. The van der Waals surface area contributed by atoms with E-state index in [9.17, 15) is 19.7 Å². The Morgan fingerprint density at radius 3 is 2.48 bits per heavy atom. The van der Waals surface area contributed by atoms with Gasteiger partial charge in [0.25, 0.3) is 16.8 Å². The molecule has 0 aromatic heterocycles. The molecule has 8 heteroatoms. The molecule has 0 atom stereocenters. The van der Waals surface area contributed by atoms with Gasteiger partial charge in [0.2, 0.25) is 0 Å². The van der Waals surface area contributed by atoms with Crippen LogP contribution in [0.15, 0.2) is 53.4 Å². The monoisotopic (exact) mass is 409 g/mol. The van der Waals surface area contributed by atoms with Gasteiger partial charge in [0.15, 0.2) is 0 Å². The molecule has 4 rings (SSSR count). The molecule has 2 heterocycles. The van der Waals surface area contributed by atoms with Crippen LogP contribution >= 0.6 is 11.8 Å². The van der Waals surface area contributed by atoms with Crippen LogP contribution < -0.4 is 4.90 Å². The molecule has 2 fully saturated rings. The molecule has 0 unspecified atom stereocenters. The summed E-state index contributed by atoms with van der Waals surface area (Å²) in [7, 11) is 0. The van der Waals surface area contributed by atoms with Gasteiger partial charge in [-0.2, -0.15) is 0 Å². The van der Waals surface area contributed by atoms with Crippen molar-refractivity contribution in [3.05, 3.63) is 74.7 Å². The summed E-state index contributed by atoms with van der Waals surface area (Å²) in [6, 6.07) is 13.9. The molecule has 0 radical (unpaired) electrons. The van der Waals surface area contributed by atoms with Crippen LogP contribution in [0.25, 0.3) is 6.08 Å². The van der Waals surface area contributed by atoms with Gasteiger partial charge in [0, 0.05) is 30.9 Å². The van der Waals surface area contributed by atoms with E-state index in [2.05, 4.69) is 4.90 Å². The topological polar surface area (TPSA) is 83.8 Å². The van der Waals surface area contributed by atoms with E-state index in [0.29, 0.717) is 10.5 Å². The van der Waals surface area contributed by atoms with Crippen molar-refractivity contribution in [3.63, 3.8) is 0 Å². The molecule has 0 spiro atoms. The van der Waals surface area contributed by atoms with Crippen molar-refractivity contribution < 1.29 is 14.5 Å². The Morgan fingerprint density at radius 2 is 1.79 bits per heavy atom. The summed E-state index contributed by atoms with van der Waals surface area (Å²) in [5.74, 6) is -0.380. The Balaban J connectivity index is 1.48. The van der Waals surface area contributed by atoms with Gasteiger partial charge in [-0.15, -0.1) is 0 Å². The molecule has 2 aliphatic heterocycles. The lowest BCUT2D eigenvalue weighted by Crippen LogP contribution is -2.27. The number of rotatable bonds is 5. The van der Waals surface area contributed by atoms with Crippen LogP contribution in [-0.4, -0.2) is 34.1 Å². The van der Waals surface area contributed by atoms with Crippen LogP contribution in [0.1, 0.15) is 24.0 Å². The molecule has 2 aliphatic rings. The Kier molecular flexibility index (Phi) is 5.35. The van der Waals surface area contributed by atoms with Gasteiger partial charge in [-0.25, -0.2) is 0 Å². The Labute approximate surface area is 172 Å². The van der Waals surface area contributed by atoms with E-state index in [-0.39, 0.29) is 23.4 Å². The molecule has 0 aliphatic carbocycles. The highest BCUT2D eigenvalue weighted by molar-refractivity contribution is 8.18. The van der Waals surface area contributed by atoms with E-state index >= 15 is 0 Å². The van der Waals surface area contributed by atoms with E-state index in [1.807, 2.05) is 24.3 Å². The quantitative estimate of drug-likeness (QED) is 0.413. The number of nitro benzene ring substituents is 1. The molecule has 148 valence electrons. The first-order valence-corrected chi connectivity index (χ1v) is 10.2. The predicted octanol–water partition coefficient (Wildman–Crippen LogP) is 4.43. The van der Waals surface area contributed by atoms with Gasteiger partial charge < -0.3 is 4.90 Å². The second-order valence-corrected chi connectivity index (χ2v) is 7.97. The zero-order valence-electron chi connectivity index (χ0n) is 15.6. The lowest BCUT2D eigenvalue weighted by molar-refractivity contribution is -0.384. The van der Waals surface area contributed by atoms with Gasteiger partial charge >= 0.3 is 0 Å². The summed E-state index contributed by atoms with van der Waals surface area (Å²) >= 11 is 0.890. The zero-order valence-corrected chi connectivity index (χ0v) is 16.4. The molecular weight excluding hydrogens is 390 g/mol. The summed E-state index contributed by atoms with van der Waals surface area (Å²) in [6.45, 7) is 2.14. The summed E-state index contributed by atoms with van der Waals surface area (Å²) in [6.07, 6.45) is 4.13. The van der Waals surface area contributed by atoms with Crippen molar-refractivity contribution in [1.29, 1.82) is 0 Å². The number of carbonyl (C=O) groups is 2. The van der Waals surface area contributed by atoms with Crippen LogP contribution in [0.3, 0.4) is 0 Å². The molecule has 7 nitrogen and oxygen atoms in total. The van der Waals surface area contributed by atoms with Gasteiger partial charge in [0.1, 0.15) is 0 Å². The van der Waals surface area contributed by atoms with E-state index in [1.165, 1.54) is 30.7 Å². The summed E-state index contributed by atoms with van der Waals surface area (Å²) in [5.41, 5.74) is 2.49. The normalized spacial score (nSPS) is 18.1. The van der Waals surface area contributed by atoms with Crippen LogP contribution in [0.2, 0.25) is 0 Å². The van der Waals surface area contributed by atoms with E-state index in [4.69, 9.17) is 0 Å². The first kappa shape index (κ1) is 19.2. The minimum atomic E-state index is -0.497. The van der Waals surface area contributed by atoms with Crippen LogP contribution in [0.4, 0.5) is 16.2 Å². The average Bonchev–Trinajstić information content (AvgIpc) is 3.34. The Hall–Kier alpha value is -3.13. The van der Waals surface area contributed by atoms with Crippen LogP contribution in [0.5, 0.6) is 0 Å². The largest absolute Gasteiger partial charge is 0.372 e. The fourth-order valence-corrected chi connectivity index (χ4v) is 4.33. The smallest absolute Gasteiger partial charge is 0.293 e. The minimum Gasteiger partial charge on any atom is -0.372 e. The number of imide groups is 1. The Morgan fingerprint density at radius 1 is 1.07 bits per heavy atom. The molecule has 2 saturated heterocycles. The van der Waals surface area contributed by atoms with E-state index in [1.54, 1.807) is 18.2 Å². The molecule has 0 saturated carbocycles. The number of carbonyl (C=O) groups excluding carboxylic acids is 2. The number of hydrogen-bond donors (Lipinski definition) is 0. The maximum absolute atomic E-state index is 12.7. The fourth-order valence-electron chi connectivity index (χ4n) is 3.50. The van der Waals surface area contributed by atoms with E-state index in [0.717, 1.165) is 35.3 Å². The summed E-state index contributed by atoms with van der Waals surface area (Å²) in [4.78, 5) is 39.2. The number of nitrogens with zero attached hydrogens (tertiary/aromatic N) is 3. The molecule has 2 amide bonds. The fraction of sp³-hybridized carbons (Fsp3) is 0.238. The van der Waals surface area contributed by atoms with Gasteiger partial charge in [-0.05, 0) is 53.9 Å². The molecule has 2 aromatic rings. The highest BCUT2D eigenvalue weighted by atomic mass is 32.2. The van der Waals surface area contributed by atoms with Gasteiger partial charge in [-0.3, -0.25) is 24.6 Å². The Bertz CT molecular complexity index is 997. The zero-order chi connectivity index (χ0) is 20.4. The average molecular weight is 409 g/mol. The van der Waals surface area contributed by atoms with Crippen molar-refractivity contribution in [3.8, 4) is 0 Å². The van der Waals surface area contributed by atoms with Gasteiger partial charge in [0.05, 0.1) is 16.4 Å². The summed E-state index contributed by atoms with van der Waals surface area (Å²) < 4.78 is 0. The first-order chi connectivity index (χ1) is 14.0. The number of anilines is 1. The number of nitro groups is 1. The van der Waals surface area contributed by atoms with Crippen molar-refractivity contribution in [1.82, 2.24) is 4.90 Å². The van der Waals surface area contributed by atoms with Crippen molar-refractivity contribution in [2.75, 3.05) is 18.0 Å². The highest BCUT2D eigenvalue weighted by Gasteiger charge is 2.35. The van der Waals surface area contributed by atoms with Crippen molar-refractivity contribution >= 4 is 40.4 Å². The predicted molar refractivity (Wildman–Crippen MR) is 112 cm³/mol. The third kappa shape index (κ3) is 4.17. The maximum Gasteiger partial charge on any atom is 0.293 e. The molecule has 29 heavy (non-hydrogen) atoms. The first-order valence-electron chi connectivity index (χ1n) is 9.35. The minimum absolute atomic E-state index is 0.0115. The number of hydrogen-bond acceptors (Lipinski definition) is 6. The van der Waals surface area contributed by atoms with Gasteiger partial charge in [-0.1, -0.05) is 24.3 Å². The second kappa shape index (κ2) is 8.08. The third-order valence-corrected chi connectivity index (χ3v) is 5.91. The molecule has 0 N–H and O–H groups in total. The number of non-ortho nitro benzene ring substituents is 1. The molecule has 0 bridgehead atoms. The van der Waals surface area contributed by atoms with E-state index < -0.39 is 4.92 Å². The third-order valence-electron chi connectivity index (χ3n) is 5.00.